The first-order valence-corrected chi connectivity index (χ1v) is 11.4. The number of imidazole rings is 1. The van der Waals surface area contributed by atoms with Crippen LogP contribution in [0.4, 0.5) is 0 Å². The van der Waals surface area contributed by atoms with Crippen LogP contribution in [0.2, 0.25) is 0 Å². The van der Waals surface area contributed by atoms with E-state index in [1.54, 1.807) is 30.9 Å². The summed E-state index contributed by atoms with van der Waals surface area (Å²) in [4.78, 5) is 15.9. The van der Waals surface area contributed by atoms with Crippen LogP contribution in [0.1, 0.15) is 54.8 Å². The van der Waals surface area contributed by atoms with Crippen molar-refractivity contribution < 1.29 is 15.0 Å². The average molecular weight is 446 g/mol. The molecule has 3 N–H and O–H groups in total. The summed E-state index contributed by atoms with van der Waals surface area (Å²) in [5, 5.41) is 22.4. The Bertz CT molecular complexity index is 1090. The van der Waals surface area contributed by atoms with E-state index >= 15 is 0 Å². The minimum atomic E-state index is -0.699. The number of amides is 1. The van der Waals surface area contributed by atoms with E-state index in [0.717, 1.165) is 29.5 Å². The molecule has 33 heavy (non-hydrogen) atoms. The van der Waals surface area contributed by atoms with Gasteiger partial charge < -0.3 is 20.1 Å². The third-order valence-corrected chi connectivity index (χ3v) is 6.51. The van der Waals surface area contributed by atoms with Crippen LogP contribution in [0, 0.1) is 5.92 Å². The number of nitrogens with zero attached hydrogens (tertiary/aromatic N) is 2. The lowest BCUT2D eigenvalue weighted by Gasteiger charge is -2.34. The maximum Gasteiger partial charge on any atom is 0.222 e. The molecule has 1 heterocycles. The van der Waals surface area contributed by atoms with E-state index in [1.165, 1.54) is 5.56 Å². The number of aliphatic hydroxyl groups is 2. The molecule has 0 bridgehead atoms. The molecule has 6 heteroatoms. The molecule has 1 aliphatic carbocycles. The molecule has 1 fully saturated rings. The highest BCUT2D eigenvalue weighted by Gasteiger charge is 2.34. The van der Waals surface area contributed by atoms with Crippen LogP contribution in [0.3, 0.4) is 0 Å². The molecule has 0 spiro atoms. The zero-order valence-electron chi connectivity index (χ0n) is 19.1. The predicted molar refractivity (Wildman–Crippen MR) is 129 cm³/mol. The van der Waals surface area contributed by atoms with Crippen LogP contribution in [0.25, 0.3) is 17.2 Å². The van der Waals surface area contributed by atoms with Crippen molar-refractivity contribution >= 4 is 12.0 Å². The van der Waals surface area contributed by atoms with Crippen molar-refractivity contribution in [1.29, 1.82) is 0 Å². The highest BCUT2D eigenvalue weighted by atomic mass is 16.3. The van der Waals surface area contributed by atoms with Crippen molar-refractivity contribution in [3.05, 3.63) is 84.0 Å². The minimum absolute atomic E-state index is 0.0815. The number of aliphatic hydroxyl groups excluding tert-OH is 2. The predicted octanol–water partition coefficient (Wildman–Crippen LogP) is 4.09. The summed E-state index contributed by atoms with van der Waals surface area (Å²) in [5.74, 6) is 1.30. The fourth-order valence-corrected chi connectivity index (χ4v) is 4.43. The van der Waals surface area contributed by atoms with Crippen LogP contribution in [-0.4, -0.2) is 39.3 Å². The number of carbonyl (C=O) groups is 1. The van der Waals surface area contributed by atoms with E-state index in [9.17, 15) is 15.0 Å². The molecular weight excluding hydrogens is 414 g/mol. The number of hydrogen-bond acceptors (Lipinski definition) is 4. The van der Waals surface area contributed by atoms with Crippen molar-refractivity contribution in [2.75, 3.05) is 13.7 Å². The number of carbonyl (C=O) groups excluding carboxylic acids is 1. The quantitative estimate of drug-likeness (QED) is 0.487. The lowest BCUT2D eigenvalue weighted by atomic mass is 9.71. The summed E-state index contributed by atoms with van der Waals surface area (Å²) >= 11 is 0. The van der Waals surface area contributed by atoms with Crippen LogP contribution >= 0.6 is 0 Å². The molecule has 2 atom stereocenters. The Kier molecular flexibility index (Phi) is 7.06. The van der Waals surface area contributed by atoms with Gasteiger partial charge in [0.2, 0.25) is 5.91 Å². The molecular formula is C27H31N3O3. The van der Waals surface area contributed by atoms with Crippen LogP contribution in [-0.2, 0) is 4.79 Å². The summed E-state index contributed by atoms with van der Waals surface area (Å²) in [6, 6.07) is 16.6. The molecule has 1 aliphatic rings. The van der Waals surface area contributed by atoms with Crippen LogP contribution in [0.15, 0.2) is 67.0 Å². The van der Waals surface area contributed by atoms with E-state index < -0.39 is 6.10 Å². The molecule has 6 nitrogen and oxygen atoms in total. The standard InChI is InChI=1S/C27H31N3O3/c1-18(32)26-29-13-14-30(26)25(17-31)12-5-19-3-6-20(7-4-19)21-8-10-22(11-9-21)23-15-24(16-23)27(33)28-2/h3-14,18,23-25,31-32H,15-17H2,1-2H3,(H,28,33)/b12-5+/t18-,23?,24?,25-/m0/s1. The van der Waals surface area contributed by atoms with Crippen molar-refractivity contribution in [2.45, 2.75) is 37.8 Å². The van der Waals surface area contributed by atoms with E-state index in [0.29, 0.717) is 11.7 Å². The lowest BCUT2D eigenvalue weighted by molar-refractivity contribution is -0.127. The third kappa shape index (κ3) is 5.07. The van der Waals surface area contributed by atoms with Gasteiger partial charge in [-0.3, -0.25) is 4.79 Å². The molecule has 1 amide bonds. The molecule has 0 radical (unpaired) electrons. The van der Waals surface area contributed by atoms with Gasteiger partial charge in [-0.05, 0) is 47.9 Å². The van der Waals surface area contributed by atoms with Gasteiger partial charge in [0.1, 0.15) is 11.9 Å². The monoisotopic (exact) mass is 445 g/mol. The molecule has 4 rings (SSSR count). The molecule has 0 unspecified atom stereocenters. The first kappa shape index (κ1) is 23.0. The van der Waals surface area contributed by atoms with E-state index in [2.05, 4.69) is 58.8 Å². The second-order valence-electron chi connectivity index (χ2n) is 8.70. The van der Waals surface area contributed by atoms with Gasteiger partial charge in [0.15, 0.2) is 0 Å². The van der Waals surface area contributed by atoms with Crippen LogP contribution < -0.4 is 5.32 Å². The van der Waals surface area contributed by atoms with Gasteiger partial charge in [-0.25, -0.2) is 4.98 Å². The Balaban J connectivity index is 1.40. The SMILES string of the molecule is CNC(=O)C1CC(c2ccc(-c3ccc(/C=C/[C@@H](CO)n4ccnc4[C@H](C)O)cc3)cc2)C1. The Morgan fingerprint density at radius 2 is 1.79 bits per heavy atom. The van der Waals surface area contributed by atoms with Crippen LogP contribution in [0.5, 0.6) is 0 Å². The number of aromatic nitrogens is 2. The second kappa shape index (κ2) is 10.1. The van der Waals surface area contributed by atoms with Crippen molar-refractivity contribution in [3.8, 4) is 11.1 Å². The molecule has 0 saturated heterocycles. The Morgan fingerprint density at radius 3 is 2.36 bits per heavy atom. The minimum Gasteiger partial charge on any atom is -0.394 e. The third-order valence-electron chi connectivity index (χ3n) is 6.51. The zero-order chi connectivity index (χ0) is 23.4. The maximum absolute atomic E-state index is 11.7. The zero-order valence-corrected chi connectivity index (χ0v) is 19.1. The van der Waals surface area contributed by atoms with E-state index in [-0.39, 0.29) is 24.5 Å². The normalized spacial score (nSPS) is 19.8. The number of rotatable bonds is 8. The Morgan fingerprint density at radius 1 is 1.15 bits per heavy atom. The van der Waals surface area contributed by atoms with Gasteiger partial charge in [0.05, 0.1) is 12.6 Å². The smallest absolute Gasteiger partial charge is 0.222 e. The summed E-state index contributed by atoms with van der Waals surface area (Å²) in [5.41, 5.74) is 4.62. The fraction of sp³-hybridized carbons (Fsp3) is 0.333. The second-order valence-corrected chi connectivity index (χ2v) is 8.70. The lowest BCUT2D eigenvalue weighted by Crippen LogP contribution is -2.35. The first-order chi connectivity index (χ1) is 16.0. The van der Waals surface area contributed by atoms with Gasteiger partial charge in [-0.1, -0.05) is 60.7 Å². The Hall–Kier alpha value is -3.22. The summed E-state index contributed by atoms with van der Waals surface area (Å²) in [7, 11) is 1.70. The highest BCUT2D eigenvalue weighted by molar-refractivity contribution is 5.79. The highest BCUT2D eigenvalue weighted by Crippen LogP contribution is 2.42. The summed E-state index contributed by atoms with van der Waals surface area (Å²) in [6.45, 7) is 1.58. The average Bonchev–Trinajstić information content (AvgIpc) is 3.29. The number of nitrogens with one attached hydrogen (secondary N) is 1. The van der Waals surface area contributed by atoms with Gasteiger partial charge in [0.25, 0.3) is 0 Å². The first-order valence-electron chi connectivity index (χ1n) is 11.4. The summed E-state index contributed by atoms with van der Waals surface area (Å²) < 4.78 is 1.79. The Labute approximate surface area is 194 Å². The molecule has 1 saturated carbocycles. The fourth-order valence-electron chi connectivity index (χ4n) is 4.43. The molecule has 0 aliphatic heterocycles. The van der Waals surface area contributed by atoms with E-state index in [1.807, 2.05) is 12.2 Å². The largest absolute Gasteiger partial charge is 0.394 e. The number of benzene rings is 2. The molecule has 1 aromatic heterocycles. The van der Waals surface area contributed by atoms with Crippen molar-refractivity contribution in [2.24, 2.45) is 5.92 Å². The molecule has 172 valence electrons. The maximum atomic E-state index is 11.7. The summed E-state index contributed by atoms with van der Waals surface area (Å²) in [6.07, 6.45) is 8.43. The van der Waals surface area contributed by atoms with Crippen molar-refractivity contribution in [1.82, 2.24) is 14.9 Å². The van der Waals surface area contributed by atoms with Gasteiger partial charge in [-0.2, -0.15) is 0 Å². The molecule has 3 aromatic rings. The molecule has 2 aromatic carbocycles. The number of hydrogen-bond donors (Lipinski definition) is 3. The van der Waals surface area contributed by atoms with E-state index in [4.69, 9.17) is 0 Å². The van der Waals surface area contributed by atoms with Crippen molar-refractivity contribution in [3.63, 3.8) is 0 Å². The van der Waals surface area contributed by atoms with Gasteiger partial charge in [0, 0.05) is 25.4 Å². The van der Waals surface area contributed by atoms with Gasteiger partial charge in [-0.15, -0.1) is 0 Å². The topological polar surface area (TPSA) is 87.4 Å². The van der Waals surface area contributed by atoms with Gasteiger partial charge >= 0.3 is 0 Å².